The van der Waals surface area contributed by atoms with Crippen molar-refractivity contribution < 1.29 is 0 Å². The minimum Gasteiger partial charge on any atom is -0.343 e. The molecular formula is C13H16N2S. The second-order valence-corrected chi connectivity index (χ2v) is 4.73. The zero-order valence-electron chi connectivity index (χ0n) is 9.23. The van der Waals surface area contributed by atoms with Crippen LogP contribution in [0.3, 0.4) is 0 Å². The summed E-state index contributed by atoms with van der Waals surface area (Å²) in [5.74, 6) is 0.960. The minimum atomic E-state index is 0.714. The van der Waals surface area contributed by atoms with Crippen molar-refractivity contribution in [2.24, 2.45) is 5.73 Å². The van der Waals surface area contributed by atoms with Crippen LogP contribution in [0, 0.1) is 0 Å². The maximum atomic E-state index is 5.54. The topological polar surface area (TPSA) is 30.9 Å². The first kappa shape index (κ1) is 11.3. The third-order valence-corrected chi connectivity index (χ3v) is 3.53. The number of hydrogen-bond acceptors (Lipinski definition) is 2. The van der Waals surface area contributed by atoms with Crippen molar-refractivity contribution in [1.82, 2.24) is 4.57 Å². The molecule has 0 fully saturated rings. The predicted octanol–water partition coefficient (Wildman–Crippen LogP) is 2.88. The Hall–Kier alpha value is -1.19. The Morgan fingerprint density at radius 3 is 2.94 bits per heavy atom. The van der Waals surface area contributed by atoms with Crippen LogP contribution in [0.4, 0.5) is 0 Å². The van der Waals surface area contributed by atoms with Gasteiger partial charge in [-0.15, -0.1) is 18.3 Å². The molecule has 0 atom stereocenters. The maximum Gasteiger partial charge on any atom is 0.0494 e. The van der Waals surface area contributed by atoms with E-state index < -0.39 is 0 Å². The molecule has 1 aromatic carbocycles. The molecule has 84 valence electrons. The van der Waals surface area contributed by atoms with Gasteiger partial charge in [-0.05, 0) is 6.07 Å². The summed E-state index contributed by atoms with van der Waals surface area (Å²) in [6, 6.07) is 8.45. The van der Waals surface area contributed by atoms with E-state index in [1.807, 2.05) is 17.8 Å². The van der Waals surface area contributed by atoms with E-state index in [2.05, 4.69) is 41.6 Å². The fourth-order valence-electron chi connectivity index (χ4n) is 1.79. The molecule has 0 unspecified atom stereocenters. The number of nitrogens with two attached hydrogens (primary N) is 1. The molecule has 2 rings (SSSR count). The summed E-state index contributed by atoms with van der Waals surface area (Å²) < 4.78 is 2.22. The Kier molecular flexibility index (Phi) is 3.70. The second kappa shape index (κ2) is 5.23. The maximum absolute atomic E-state index is 5.54. The van der Waals surface area contributed by atoms with Crippen molar-refractivity contribution in [2.75, 3.05) is 12.3 Å². The minimum absolute atomic E-state index is 0.714. The molecule has 0 aliphatic heterocycles. The van der Waals surface area contributed by atoms with Crippen molar-refractivity contribution in [1.29, 1.82) is 0 Å². The van der Waals surface area contributed by atoms with Gasteiger partial charge in [0.05, 0.1) is 0 Å². The quantitative estimate of drug-likeness (QED) is 0.635. The van der Waals surface area contributed by atoms with Crippen molar-refractivity contribution in [3.8, 4) is 0 Å². The number of hydrogen-bond donors (Lipinski definition) is 1. The summed E-state index contributed by atoms with van der Waals surface area (Å²) in [6.45, 7) is 5.35. The van der Waals surface area contributed by atoms with E-state index in [4.69, 9.17) is 5.73 Å². The van der Waals surface area contributed by atoms with Crippen molar-refractivity contribution in [3.05, 3.63) is 43.1 Å². The Labute approximate surface area is 100 Å². The van der Waals surface area contributed by atoms with Gasteiger partial charge in [-0.2, -0.15) is 0 Å². The second-order valence-electron chi connectivity index (χ2n) is 3.59. The third-order valence-electron chi connectivity index (χ3n) is 2.45. The summed E-state index contributed by atoms with van der Waals surface area (Å²) >= 11 is 1.82. The molecule has 3 heteroatoms. The number of nitrogens with zero attached hydrogens (tertiary/aromatic N) is 1. The Balaban J connectivity index is 2.44. The molecule has 0 saturated carbocycles. The zero-order valence-corrected chi connectivity index (χ0v) is 10.0. The lowest BCUT2D eigenvalue weighted by Crippen LogP contribution is -2.00. The molecule has 0 aliphatic rings. The van der Waals surface area contributed by atoms with Gasteiger partial charge in [0.15, 0.2) is 0 Å². The van der Waals surface area contributed by atoms with Crippen LogP contribution in [0.25, 0.3) is 10.9 Å². The highest BCUT2D eigenvalue weighted by atomic mass is 32.2. The average molecular weight is 232 g/mol. The van der Waals surface area contributed by atoms with Crippen molar-refractivity contribution in [3.63, 3.8) is 0 Å². The molecule has 1 heterocycles. The van der Waals surface area contributed by atoms with Gasteiger partial charge in [-0.1, -0.05) is 24.3 Å². The van der Waals surface area contributed by atoms with Gasteiger partial charge in [0.2, 0.25) is 0 Å². The first-order valence-electron chi connectivity index (χ1n) is 5.38. The van der Waals surface area contributed by atoms with E-state index in [1.165, 1.54) is 15.8 Å². The lowest BCUT2D eigenvalue weighted by atomic mass is 10.2. The number of benzene rings is 1. The summed E-state index contributed by atoms with van der Waals surface area (Å²) in [6.07, 6.45) is 4.11. The molecule has 2 aromatic rings. The molecule has 2 nitrogen and oxygen atoms in total. The highest BCUT2D eigenvalue weighted by Gasteiger charge is 2.06. The summed E-state index contributed by atoms with van der Waals surface area (Å²) in [5.41, 5.74) is 6.81. The van der Waals surface area contributed by atoms with Crippen LogP contribution in [0.5, 0.6) is 0 Å². The van der Waals surface area contributed by atoms with E-state index in [0.717, 1.165) is 12.3 Å². The van der Waals surface area contributed by atoms with Gasteiger partial charge in [-0.3, -0.25) is 0 Å². The van der Waals surface area contributed by atoms with Crippen LogP contribution in [0.1, 0.15) is 0 Å². The number of rotatable bonds is 5. The van der Waals surface area contributed by atoms with E-state index in [1.54, 1.807) is 0 Å². The van der Waals surface area contributed by atoms with Gasteiger partial charge in [0.1, 0.15) is 0 Å². The van der Waals surface area contributed by atoms with E-state index in [9.17, 15) is 0 Å². The molecule has 1 aromatic heterocycles. The SMILES string of the molecule is C=CCn1cc(SCCN)c2ccccc21. The molecule has 0 saturated heterocycles. The van der Waals surface area contributed by atoms with Crippen LogP contribution < -0.4 is 5.73 Å². The zero-order chi connectivity index (χ0) is 11.4. The molecule has 2 N–H and O–H groups in total. The van der Waals surface area contributed by atoms with Crippen molar-refractivity contribution in [2.45, 2.75) is 11.4 Å². The smallest absolute Gasteiger partial charge is 0.0494 e. The first-order valence-corrected chi connectivity index (χ1v) is 6.37. The fraction of sp³-hybridized carbons (Fsp3) is 0.231. The summed E-state index contributed by atoms with van der Waals surface area (Å²) in [4.78, 5) is 1.31. The Bertz CT molecular complexity index is 488. The first-order chi connectivity index (χ1) is 7.86. The third kappa shape index (κ3) is 2.15. The number of allylic oxidation sites excluding steroid dienone is 1. The Morgan fingerprint density at radius 2 is 2.19 bits per heavy atom. The highest BCUT2D eigenvalue weighted by Crippen LogP contribution is 2.29. The number of para-hydroxylation sites is 1. The van der Waals surface area contributed by atoms with Gasteiger partial charge in [0, 0.05) is 40.8 Å². The average Bonchev–Trinajstić information content (AvgIpc) is 2.66. The summed E-state index contributed by atoms with van der Waals surface area (Å²) in [5, 5.41) is 1.31. The van der Waals surface area contributed by atoms with Crippen LogP contribution >= 0.6 is 11.8 Å². The predicted molar refractivity (Wildman–Crippen MR) is 71.9 cm³/mol. The highest BCUT2D eigenvalue weighted by molar-refractivity contribution is 7.99. The Morgan fingerprint density at radius 1 is 1.38 bits per heavy atom. The monoisotopic (exact) mass is 232 g/mol. The van der Waals surface area contributed by atoms with E-state index in [-0.39, 0.29) is 0 Å². The molecule has 16 heavy (non-hydrogen) atoms. The largest absolute Gasteiger partial charge is 0.343 e. The summed E-state index contributed by atoms with van der Waals surface area (Å²) in [7, 11) is 0. The molecule has 0 amide bonds. The van der Waals surface area contributed by atoms with Gasteiger partial charge in [0.25, 0.3) is 0 Å². The van der Waals surface area contributed by atoms with Crippen LogP contribution in [-0.2, 0) is 6.54 Å². The normalized spacial score (nSPS) is 10.8. The standard InChI is InChI=1S/C13H16N2S/c1-2-8-15-10-13(16-9-7-14)11-5-3-4-6-12(11)15/h2-6,10H,1,7-9,14H2. The molecule has 0 radical (unpaired) electrons. The van der Waals surface area contributed by atoms with Crippen LogP contribution in [0.15, 0.2) is 48.0 Å². The van der Waals surface area contributed by atoms with Crippen LogP contribution in [-0.4, -0.2) is 16.9 Å². The number of thioether (sulfide) groups is 1. The number of aromatic nitrogens is 1. The lowest BCUT2D eigenvalue weighted by molar-refractivity contribution is 0.857. The molecule has 0 spiro atoms. The molecular weight excluding hydrogens is 216 g/mol. The molecule has 0 bridgehead atoms. The van der Waals surface area contributed by atoms with E-state index >= 15 is 0 Å². The van der Waals surface area contributed by atoms with Crippen molar-refractivity contribution >= 4 is 22.7 Å². The lowest BCUT2D eigenvalue weighted by Gasteiger charge is -1.98. The van der Waals surface area contributed by atoms with Gasteiger partial charge < -0.3 is 10.3 Å². The van der Waals surface area contributed by atoms with Gasteiger partial charge >= 0.3 is 0 Å². The van der Waals surface area contributed by atoms with Crippen LogP contribution in [0.2, 0.25) is 0 Å². The van der Waals surface area contributed by atoms with E-state index in [0.29, 0.717) is 6.54 Å². The number of fused-ring (bicyclic) bond motifs is 1. The van der Waals surface area contributed by atoms with Gasteiger partial charge in [-0.25, -0.2) is 0 Å². The molecule has 0 aliphatic carbocycles. The fourth-order valence-corrected chi connectivity index (χ4v) is 2.65.